The highest BCUT2D eigenvalue weighted by Crippen LogP contribution is 2.25. The average Bonchev–Trinajstić information content (AvgIpc) is 2.62. The van der Waals surface area contributed by atoms with E-state index in [1.165, 1.54) is 7.11 Å². The number of hydrogen-bond acceptors (Lipinski definition) is 4. The molecular weight excluding hydrogens is 206 g/mol. The maximum absolute atomic E-state index is 11.5. The summed E-state index contributed by atoms with van der Waals surface area (Å²) < 4.78 is 10.4. The zero-order valence-electron chi connectivity index (χ0n) is 10.6. The van der Waals surface area contributed by atoms with E-state index in [0.717, 1.165) is 19.4 Å². The van der Waals surface area contributed by atoms with E-state index in [4.69, 9.17) is 9.47 Å². The molecule has 1 saturated heterocycles. The van der Waals surface area contributed by atoms with Crippen molar-refractivity contribution >= 4 is 5.97 Å². The summed E-state index contributed by atoms with van der Waals surface area (Å²) in [5, 5.41) is 0. The number of carbonyl (C=O) groups excluding carboxylic acids is 1. The minimum atomic E-state index is -0.291. The molecule has 4 heteroatoms. The van der Waals surface area contributed by atoms with Gasteiger partial charge in [-0.2, -0.15) is 0 Å². The summed E-state index contributed by atoms with van der Waals surface area (Å²) in [5.74, 6) is 0.344. The number of carbonyl (C=O) groups is 1. The molecule has 0 aromatic carbocycles. The van der Waals surface area contributed by atoms with Crippen LogP contribution >= 0.6 is 0 Å². The largest absolute Gasteiger partial charge is 0.474 e. The van der Waals surface area contributed by atoms with Gasteiger partial charge in [0.15, 0.2) is 5.88 Å². The second kappa shape index (κ2) is 4.76. The van der Waals surface area contributed by atoms with Crippen molar-refractivity contribution in [2.45, 2.75) is 45.3 Å². The molecule has 1 fully saturated rings. The maximum atomic E-state index is 11.5. The molecule has 1 heterocycles. The van der Waals surface area contributed by atoms with Crippen molar-refractivity contribution in [3.8, 4) is 0 Å². The van der Waals surface area contributed by atoms with E-state index in [1.807, 2.05) is 25.7 Å². The molecule has 0 aromatic rings. The van der Waals surface area contributed by atoms with Gasteiger partial charge in [0.1, 0.15) is 11.6 Å². The van der Waals surface area contributed by atoms with Gasteiger partial charge < -0.3 is 14.4 Å². The Balaban J connectivity index is 2.65. The Morgan fingerprint density at radius 1 is 1.44 bits per heavy atom. The van der Waals surface area contributed by atoms with Crippen LogP contribution in [0.1, 0.15) is 33.6 Å². The minimum Gasteiger partial charge on any atom is -0.474 e. The molecule has 0 N–H and O–H groups in total. The predicted octanol–water partition coefficient (Wildman–Crippen LogP) is 1.91. The molecular formula is C12H21NO3. The Labute approximate surface area is 97.2 Å². The molecule has 0 aliphatic carbocycles. The van der Waals surface area contributed by atoms with Gasteiger partial charge in [-0.3, -0.25) is 0 Å². The number of nitrogens with zero attached hydrogens (tertiary/aromatic N) is 1. The van der Waals surface area contributed by atoms with Crippen molar-refractivity contribution in [3.05, 3.63) is 12.5 Å². The highest BCUT2D eigenvalue weighted by atomic mass is 16.5. The Morgan fingerprint density at radius 2 is 2.06 bits per heavy atom. The van der Waals surface area contributed by atoms with Crippen LogP contribution in [0.3, 0.4) is 0 Å². The third-order valence-corrected chi connectivity index (χ3v) is 2.47. The van der Waals surface area contributed by atoms with Crippen LogP contribution in [0.25, 0.3) is 0 Å². The van der Waals surface area contributed by atoms with Gasteiger partial charge in [-0.25, -0.2) is 4.79 Å². The quantitative estimate of drug-likeness (QED) is 0.545. The number of ether oxygens (including phenoxy) is 2. The first kappa shape index (κ1) is 12.9. The van der Waals surface area contributed by atoms with E-state index in [2.05, 4.69) is 6.58 Å². The lowest BCUT2D eigenvalue weighted by Gasteiger charge is -2.31. The Hall–Kier alpha value is -1.19. The third-order valence-electron chi connectivity index (χ3n) is 2.47. The number of rotatable bonds is 3. The number of hydrogen-bond donors (Lipinski definition) is 0. The molecule has 0 saturated carbocycles. The maximum Gasteiger partial charge on any atom is 0.328 e. The van der Waals surface area contributed by atoms with Crippen molar-refractivity contribution in [1.82, 2.24) is 4.90 Å². The van der Waals surface area contributed by atoms with E-state index in [-0.39, 0.29) is 17.6 Å². The molecule has 0 aromatic heterocycles. The van der Waals surface area contributed by atoms with E-state index >= 15 is 0 Å². The fourth-order valence-electron chi connectivity index (χ4n) is 1.86. The Bertz CT molecular complexity index is 280. The lowest BCUT2D eigenvalue weighted by atomic mass is 10.2. The smallest absolute Gasteiger partial charge is 0.328 e. The monoisotopic (exact) mass is 227 g/mol. The summed E-state index contributed by atoms with van der Waals surface area (Å²) >= 11 is 0. The van der Waals surface area contributed by atoms with Crippen molar-refractivity contribution in [3.63, 3.8) is 0 Å². The standard InChI is InChI=1S/C12H21NO3/c1-9(16-12(2,3)4)13-8-6-7-10(13)11(14)15-5/h10H,1,6-8H2,2-5H3/t10-/m0/s1. The zero-order valence-corrected chi connectivity index (χ0v) is 10.6. The van der Waals surface area contributed by atoms with Crippen LogP contribution in [0.4, 0.5) is 0 Å². The SMILES string of the molecule is C=C(OC(C)(C)C)N1CCC[C@H]1C(=O)OC. The Kier molecular flexibility index (Phi) is 3.83. The molecule has 92 valence electrons. The summed E-state index contributed by atoms with van der Waals surface area (Å²) in [7, 11) is 1.41. The van der Waals surface area contributed by atoms with Gasteiger partial charge in [0.05, 0.1) is 7.11 Å². The van der Waals surface area contributed by atoms with Gasteiger partial charge in [-0.05, 0) is 40.2 Å². The second-order valence-electron chi connectivity index (χ2n) is 4.98. The number of likely N-dealkylation sites (tertiary alicyclic amines) is 1. The summed E-state index contributed by atoms with van der Waals surface area (Å²) in [5.41, 5.74) is -0.291. The molecule has 0 spiro atoms. The van der Waals surface area contributed by atoms with E-state index in [1.54, 1.807) is 0 Å². The fourth-order valence-corrected chi connectivity index (χ4v) is 1.86. The van der Waals surface area contributed by atoms with Crippen LogP contribution in [0, 0.1) is 0 Å². The van der Waals surface area contributed by atoms with E-state index in [0.29, 0.717) is 5.88 Å². The molecule has 0 unspecified atom stereocenters. The average molecular weight is 227 g/mol. The molecule has 16 heavy (non-hydrogen) atoms. The fraction of sp³-hybridized carbons (Fsp3) is 0.750. The van der Waals surface area contributed by atoms with Crippen LogP contribution in [0.2, 0.25) is 0 Å². The molecule has 1 rings (SSSR count). The first-order valence-corrected chi connectivity index (χ1v) is 5.57. The highest BCUT2D eigenvalue weighted by molar-refractivity contribution is 5.76. The molecule has 1 aliphatic rings. The van der Waals surface area contributed by atoms with Crippen LogP contribution in [-0.4, -0.2) is 36.2 Å². The highest BCUT2D eigenvalue weighted by Gasteiger charge is 2.34. The van der Waals surface area contributed by atoms with E-state index in [9.17, 15) is 4.79 Å². The van der Waals surface area contributed by atoms with Crippen LogP contribution < -0.4 is 0 Å². The third kappa shape index (κ3) is 3.15. The minimum absolute atomic E-state index is 0.212. The van der Waals surface area contributed by atoms with Gasteiger partial charge in [0, 0.05) is 6.54 Å². The van der Waals surface area contributed by atoms with E-state index < -0.39 is 0 Å². The van der Waals surface area contributed by atoms with Crippen molar-refractivity contribution < 1.29 is 14.3 Å². The Morgan fingerprint density at radius 3 is 2.56 bits per heavy atom. The van der Waals surface area contributed by atoms with Crippen molar-refractivity contribution in [2.24, 2.45) is 0 Å². The van der Waals surface area contributed by atoms with Gasteiger partial charge in [0.2, 0.25) is 0 Å². The summed E-state index contributed by atoms with van der Waals surface area (Å²) in [4.78, 5) is 13.4. The van der Waals surface area contributed by atoms with Crippen molar-refractivity contribution in [2.75, 3.05) is 13.7 Å². The molecule has 1 atom stereocenters. The normalized spacial score (nSPS) is 20.8. The first-order valence-electron chi connectivity index (χ1n) is 5.57. The predicted molar refractivity (Wildman–Crippen MR) is 61.7 cm³/mol. The van der Waals surface area contributed by atoms with Crippen LogP contribution in [0.5, 0.6) is 0 Å². The van der Waals surface area contributed by atoms with Crippen LogP contribution in [-0.2, 0) is 14.3 Å². The topological polar surface area (TPSA) is 38.8 Å². The zero-order chi connectivity index (χ0) is 12.3. The summed E-state index contributed by atoms with van der Waals surface area (Å²) in [6, 6.07) is -0.236. The molecule has 4 nitrogen and oxygen atoms in total. The summed E-state index contributed by atoms with van der Waals surface area (Å²) in [6.07, 6.45) is 1.77. The number of esters is 1. The summed E-state index contributed by atoms with van der Waals surface area (Å²) in [6.45, 7) is 10.6. The molecule has 0 amide bonds. The van der Waals surface area contributed by atoms with Crippen LogP contribution in [0.15, 0.2) is 12.5 Å². The molecule has 0 radical (unpaired) electrons. The lowest BCUT2D eigenvalue weighted by Crippen LogP contribution is -2.38. The second-order valence-corrected chi connectivity index (χ2v) is 4.98. The van der Waals surface area contributed by atoms with Gasteiger partial charge in [-0.1, -0.05) is 0 Å². The van der Waals surface area contributed by atoms with Gasteiger partial charge in [0.25, 0.3) is 0 Å². The van der Waals surface area contributed by atoms with Gasteiger partial charge >= 0.3 is 5.97 Å². The van der Waals surface area contributed by atoms with Gasteiger partial charge in [-0.15, -0.1) is 0 Å². The van der Waals surface area contributed by atoms with Crippen molar-refractivity contribution in [1.29, 1.82) is 0 Å². The lowest BCUT2D eigenvalue weighted by molar-refractivity contribution is -0.146. The number of methoxy groups -OCH3 is 1. The first-order chi connectivity index (χ1) is 7.35. The molecule has 0 bridgehead atoms. The molecule has 1 aliphatic heterocycles.